The normalized spacial score (nSPS) is 10.7. The van der Waals surface area contributed by atoms with Gasteiger partial charge in [-0.25, -0.2) is 9.00 Å². The highest BCUT2D eigenvalue weighted by atomic mass is 32.2. The monoisotopic (exact) mass is 257 g/mol. The van der Waals surface area contributed by atoms with E-state index in [2.05, 4.69) is 9.68 Å². The molecule has 1 rings (SSSR count). The molecule has 1 aromatic carbocycles. The Morgan fingerprint density at radius 1 is 1.35 bits per heavy atom. The van der Waals surface area contributed by atoms with Gasteiger partial charge in [-0.1, -0.05) is 0 Å². The van der Waals surface area contributed by atoms with Crippen molar-refractivity contribution in [1.29, 1.82) is 0 Å². The Balaban J connectivity index is 2.81. The molecule has 17 heavy (non-hydrogen) atoms. The molecular weight excluding hydrogens is 246 g/mol. The predicted octanol–water partition coefficient (Wildman–Crippen LogP) is 1.85. The molecule has 1 aromatic rings. The van der Waals surface area contributed by atoms with Crippen molar-refractivity contribution in [3.05, 3.63) is 34.4 Å². The van der Waals surface area contributed by atoms with E-state index in [1.165, 1.54) is 36.8 Å². The number of benzene rings is 1. The van der Waals surface area contributed by atoms with E-state index >= 15 is 0 Å². The van der Waals surface area contributed by atoms with E-state index in [0.29, 0.717) is 5.69 Å². The Hall–Kier alpha value is -1.96. The van der Waals surface area contributed by atoms with Crippen molar-refractivity contribution >= 4 is 27.1 Å². The quantitative estimate of drug-likeness (QED) is 0.645. The smallest absolute Gasteiger partial charge is 0.306 e. The van der Waals surface area contributed by atoms with Crippen molar-refractivity contribution in [1.82, 2.24) is 0 Å². The summed E-state index contributed by atoms with van der Waals surface area (Å²) in [6.45, 7) is 0. The van der Waals surface area contributed by atoms with Gasteiger partial charge in [0.05, 0.1) is 14.7 Å². The number of carbonyl (C=O) groups excluding carboxylic acids is 1. The molecule has 0 aliphatic heterocycles. The van der Waals surface area contributed by atoms with Crippen molar-refractivity contribution in [2.45, 2.75) is 0 Å². The van der Waals surface area contributed by atoms with E-state index in [1.54, 1.807) is 0 Å². The van der Waals surface area contributed by atoms with Crippen LogP contribution in [0.15, 0.2) is 28.6 Å². The lowest BCUT2D eigenvalue weighted by Gasteiger charge is -2.01. The summed E-state index contributed by atoms with van der Waals surface area (Å²) in [4.78, 5) is 21.1. The van der Waals surface area contributed by atoms with E-state index < -0.39 is 20.7 Å². The van der Waals surface area contributed by atoms with Crippen LogP contribution in [0.5, 0.6) is 0 Å². The number of non-ortho nitro benzene ring substituents is 1. The molecule has 0 saturated heterocycles. The molecule has 0 heterocycles. The summed E-state index contributed by atoms with van der Waals surface area (Å²) >= 11 is 0. The van der Waals surface area contributed by atoms with E-state index in [9.17, 15) is 19.1 Å². The van der Waals surface area contributed by atoms with Crippen LogP contribution in [-0.2, 0) is 9.73 Å². The Morgan fingerprint density at radius 2 is 1.88 bits per heavy atom. The molecule has 0 radical (unpaired) electrons. The molecule has 0 aliphatic carbocycles. The van der Waals surface area contributed by atoms with Gasteiger partial charge in [0.1, 0.15) is 0 Å². The molecule has 0 aromatic heterocycles. The number of urea groups is 1. The van der Waals surface area contributed by atoms with Gasteiger partial charge in [0.25, 0.3) is 5.69 Å². The van der Waals surface area contributed by atoms with Crippen LogP contribution < -0.4 is 5.32 Å². The second kappa shape index (κ2) is 4.91. The SMILES string of the molecule is CS(C)(=O)=NC(=O)Nc1ccc([N+](=O)[O-])cc1. The van der Waals surface area contributed by atoms with Gasteiger partial charge >= 0.3 is 6.03 Å². The fourth-order valence-corrected chi connectivity index (χ4v) is 1.46. The zero-order valence-electron chi connectivity index (χ0n) is 9.25. The number of hydrogen-bond acceptors (Lipinski definition) is 4. The van der Waals surface area contributed by atoms with Crippen molar-refractivity contribution < 1.29 is 13.9 Å². The first-order valence-corrected chi connectivity index (χ1v) is 6.84. The van der Waals surface area contributed by atoms with Crippen LogP contribution in [0.25, 0.3) is 0 Å². The summed E-state index contributed by atoms with van der Waals surface area (Å²) in [6.07, 6.45) is 2.67. The lowest BCUT2D eigenvalue weighted by molar-refractivity contribution is -0.384. The molecule has 0 atom stereocenters. The number of carbonyl (C=O) groups is 1. The largest absolute Gasteiger partial charge is 0.353 e. The zero-order valence-corrected chi connectivity index (χ0v) is 10.1. The highest BCUT2D eigenvalue weighted by Crippen LogP contribution is 2.15. The van der Waals surface area contributed by atoms with Gasteiger partial charge in [0, 0.05) is 30.3 Å². The van der Waals surface area contributed by atoms with E-state index in [-0.39, 0.29) is 5.69 Å². The topological polar surface area (TPSA) is 102 Å². The van der Waals surface area contributed by atoms with Gasteiger partial charge in [-0.3, -0.25) is 10.1 Å². The summed E-state index contributed by atoms with van der Waals surface area (Å²) in [5.74, 6) is 0. The Bertz CT molecular complexity index is 550. The maximum absolute atomic E-state index is 11.3. The molecule has 1 N–H and O–H groups in total. The fraction of sp³-hybridized carbons (Fsp3) is 0.222. The van der Waals surface area contributed by atoms with Crippen LogP contribution in [0.2, 0.25) is 0 Å². The molecule has 0 aliphatic rings. The standard InChI is InChI=1S/C9H11N3O4S/c1-17(2,16)11-9(13)10-7-3-5-8(6-4-7)12(14)15/h3-6H,1-2H3,(H,10,13). The van der Waals surface area contributed by atoms with Crippen LogP contribution in [0, 0.1) is 10.1 Å². The average molecular weight is 257 g/mol. The van der Waals surface area contributed by atoms with Crippen LogP contribution in [-0.4, -0.2) is 27.7 Å². The highest BCUT2D eigenvalue weighted by molar-refractivity contribution is 7.92. The van der Waals surface area contributed by atoms with Crippen molar-refractivity contribution in [2.24, 2.45) is 4.36 Å². The molecular formula is C9H11N3O4S. The lowest BCUT2D eigenvalue weighted by atomic mass is 10.3. The number of hydrogen-bond donors (Lipinski definition) is 1. The summed E-state index contributed by atoms with van der Waals surface area (Å²) < 4.78 is 14.6. The van der Waals surface area contributed by atoms with Crippen LogP contribution in [0.3, 0.4) is 0 Å². The minimum Gasteiger partial charge on any atom is -0.306 e. The summed E-state index contributed by atoms with van der Waals surface area (Å²) in [7, 11) is -2.51. The average Bonchev–Trinajstić information content (AvgIpc) is 2.15. The van der Waals surface area contributed by atoms with Crippen LogP contribution in [0.1, 0.15) is 0 Å². The Labute approximate surface area is 98.2 Å². The minimum absolute atomic E-state index is 0.0743. The third-order valence-electron chi connectivity index (χ3n) is 1.63. The maximum Gasteiger partial charge on any atom is 0.353 e. The Morgan fingerprint density at radius 3 is 2.29 bits per heavy atom. The predicted molar refractivity (Wildman–Crippen MR) is 64.5 cm³/mol. The molecule has 0 fully saturated rings. The first-order valence-electron chi connectivity index (χ1n) is 4.50. The van der Waals surface area contributed by atoms with Gasteiger partial charge in [0.15, 0.2) is 0 Å². The summed E-state index contributed by atoms with van der Waals surface area (Å²) in [5.41, 5.74) is 0.280. The molecule has 0 spiro atoms. The zero-order chi connectivity index (χ0) is 13.1. The fourth-order valence-electron chi connectivity index (χ4n) is 1.01. The van der Waals surface area contributed by atoms with E-state index in [4.69, 9.17) is 0 Å². The van der Waals surface area contributed by atoms with Gasteiger partial charge in [-0.15, -0.1) is 4.36 Å². The number of amides is 2. The number of anilines is 1. The van der Waals surface area contributed by atoms with Crippen molar-refractivity contribution in [3.8, 4) is 0 Å². The molecule has 7 nitrogen and oxygen atoms in total. The third kappa shape index (κ3) is 4.60. The van der Waals surface area contributed by atoms with Crippen molar-refractivity contribution in [2.75, 3.05) is 17.8 Å². The molecule has 92 valence electrons. The van der Waals surface area contributed by atoms with Crippen LogP contribution in [0.4, 0.5) is 16.2 Å². The summed E-state index contributed by atoms with van der Waals surface area (Å²) in [6, 6.07) is 4.52. The summed E-state index contributed by atoms with van der Waals surface area (Å²) in [5, 5.41) is 12.7. The molecule has 0 bridgehead atoms. The van der Waals surface area contributed by atoms with Gasteiger partial charge in [-0.2, -0.15) is 0 Å². The first kappa shape index (κ1) is 13.1. The van der Waals surface area contributed by atoms with Gasteiger partial charge in [0.2, 0.25) is 0 Å². The minimum atomic E-state index is -2.51. The molecule has 0 unspecified atom stereocenters. The van der Waals surface area contributed by atoms with E-state index in [0.717, 1.165) is 0 Å². The van der Waals surface area contributed by atoms with Gasteiger partial charge in [-0.05, 0) is 12.1 Å². The van der Waals surface area contributed by atoms with Gasteiger partial charge < -0.3 is 5.32 Å². The Kier molecular flexibility index (Phi) is 3.79. The molecule has 0 saturated carbocycles. The number of nitrogens with one attached hydrogen (secondary N) is 1. The van der Waals surface area contributed by atoms with Crippen molar-refractivity contribution in [3.63, 3.8) is 0 Å². The number of nitro benzene ring substituents is 1. The van der Waals surface area contributed by atoms with E-state index in [1.807, 2.05) is 0 Å². The third-order valence-corrected chi connectivity index (χ3v) is 2.24. The van der Waals surface area contributed by atoms with Crippen LogP contribution >= 0.6 is 0 Å². The molecule has 8 heteroatoms. The maximum atomic E-state index is 11.3. The number of nitro groups is 1. The second-order valence-electron chi connectivity index (χ2n) is 3.51. The molecule has 2 amide bonds. The number of rotatable bonds is 2. The first-order chi connectivity index (χ1) is 7.78. The number of nitrogens with zero attached hydrogens (tertiary/aromatic N) is 2. The lowest BCUT2D eigenvalue weighted by Crippen LogP contribution is -2.09. The highest BCUT2D eigenvalue weighted by Gasteiger charge is 2.06. The second-order valence-corrected chi connectivity index (χ2v) is 6.05.